The molecule has 1 fully saturated rings. The van der Waals surface area contributed by atoms with Crippen molar-refractivity contribution in [1.29, 1.82) is 0 Å². The summed E-state index contributed by atoms with van der Waals surface area (Å²) >= 11 is 0. The molecule has 3 heterocycles. The highest BCUT2D eigenvalue weighted by Crippen LogP contribution is 2.11. The van der Waals surface area contributed by atoms with E-state index in [4.69, 9.17) is 24.2 Å². The number of carboxylic acids is 2. The zero-order valence-electron chi connectivity index (χ0n) is 13.9. The molecule has 0 aliphatic carbocycles. The summed E-state index contributed by atoms with van der Waals surface area (Å²) < 4.78 is 5.35. The largest absolute Gasteiger partial charge is 0.473 e. The smallest absolute Gasteiger partial charge is 0.414 e. The van der Waals surface area contributed by atoms with Crippen LogP contribution in [0.25, 0.3) is 0 Å². The van der Waals surface area contributed by atoms with Gasteiger partial charge in [-0.25, -0.2) is 9.59 Å². The third kappa shape index (κ3) is 5.71. The van der Waals surface area contributed by atoms with Gasteiger partial charge in [0.2, 0.25) is 0 Å². The van der Waals surface area contributed by atoms with Crippen molar-refractivity contribution >= 4 is 17.8 Å². The highest BCUT2D eigenvalue weighted by molar-refractivity contribution is 6.27. The number of rotatable bonds is 3. The molecule has 0 saturated carbocycles. The summed E-state index contributed by atoms with van der Waals surface area (Å²) in [7, 11) is 0. The van der Waals surface area contributed by atoms with Crippen LogP contribution in [0.4, 0.5) is 0 Å². The number of carbonyl (C=O) groups excluding carboxylic acids is 1. The number of nitrogens with zero attached hydrogens (tertiary/aromatic N) is 3. The monoisotopic (exact) mass is 361 g/mol. The molecular formula is C17H19N3O6. The Morgan fingerprint density at radius 3 is 2.12 bits per heavy atom. The van der Waals surface area contributed by atoms with Crippen molar-refractivity contribution in [2.75, 3.05) is 26.2 Å². The predicted molar refractivity (Wildman–Crippen MR) is 89.4 cm³/mol. The Hall–Kier alpha value is -3.20. The van der Waals surface area contributed by atoms with Crippen molar-refractivity contribution in [1.82, 2.24) is 14.8 Å². The van der Waals surface area contributed by atoms with Crippen LogP contribution in [0.5, 0.6) is 0 Å². The second-order valence-electron chi connectivity index (χ2n) is 5.49. The number of pyridine rings is 1. The average Bonchev–Trinajstić information content (AvgIpc) is 3.16. The summed E-state index contributed by atoms with van der Waals surface area (Å²) in [6, 6.07) is 7.40. The Labute approximate surface area is 149 Å². The highest BCUT2D eigenvalue weighted by atomic mass is 16.4. The van der Waals surface area contributed by atoms with E-state index in [9.17, 15) is 4.79 Å². The van der Waals surface area contributed by atoms with Crippen LogP contribution in [0.1, 0.15) is 16.1 Å². The highest BCUT2D eigenvalue weighted by Gasteiger charge is 2.22. The molecule has 2 N–H and O–H groups in total. The first kappa shape index (κ1) is 19.1. The molecule has 138 valence electrons. The topological polar surface area (TPSA) is 124 Å². The van der Waals surface area contributed by atoms with Crippen molar-refractivity contribution in [3.05, 3.63) is 54.2 Å². The minimum atomic E-state index is -1.82. The lowest BCUT2D eigenvalue weighted by atomic mass is 10.2. The van der Waals surface area contributed by atoms with E-state index >= 15 is 0 Å². The Balaban J connectivity index is 0.000000352. The van der Waals surface area contributed by atoms with Crippen LogP contribution in [0.3, 0.4) is 0 Å². The third-order valence-electron chi connectivity index (χ3n) is 3.73. The molecule has 3 rings (SSSR count). The van der Waals surface area contributed by atoms with Crippen LogP contribution in [0.2, 0.25) is 0 Å². The van der Waals surface area contributed by atoms with Gasteiger partial charge in [-0.3, -0.25) is 14.7 Å². The maximum absolute atomic E-state index is 12.3. The molecule has 0 bridgehead atoms. The van der Waals surface area contributed by atoms with Crippen LogP contribution in [0.15, 0.2) is 47.3 Å². The molecule has 0 atom stereocenters. The number of hydrogen-bond acceptors (Lipinski definition) is 6. The van der Waals surface area contributed by atoms with Crippen molar-refractivity contribution < 1.29 is 29.0 Å². The number of hydrogen-bond donors (Lipinski definition) is 2. The fourth-order valence-electron chi connectivity index (χ4n) is 2.41. The molecular weight excluding hydrogens is 342 g/mol. The van der Waals surface area contributed by atoms with E-state index in [2.05, 4.69) is 9.88 Å². The minimum Gasteiger partial charge on any atom is -0.473 e. The summed E-state index contributed by atoms with van der Waals surface area (Å²) in [4.78, 5) is 38.6. The predicted octanol–water partition coefficient (Wildman–Crippen LogP) is 0.788. The van der Waals surface area contributed by atoms with Crippen molar-refractivity contribution in [2.45, 2.75) is 6.54 Å². The molecule has 1 amide bonds. The van der Waals surface area contributed by atoms with E-state index in [1.807, 2.05) is 17.0 Å². The van der Waals surface area contributed by atoms with E-state index < -0.39 is 11.9 Å². The van der Waals surface area contributed by atoms with Gasteiger partial charge in [-0.1, -0.05) is 0 Å². The molecule has 9 nitrogen and oxygen atoms in total. The van der Waals surface area contributed by atoms with E-state index in [1.54, 1.807) is 30.8 Å². The molecule has 1 saturated heterocycles. The van der Waals surface area contributed by atoms with Crippen LogP contribution in [0, 0.1) is 0 Å². The van der Waals surface area contributed by atoms with Crippen molar-refractivity contribution in [2.24, 2.45) is 0 Å². The Bertz CT molecular complexity index is 712. The van der Waals surface area contributed by atoms with Gasteiger partial charge >= 0.3 is 11.9 Å². The van der Waals surface area contributed by atoms with Gasteiger partial charge in [0.25, 0.3) is 5.91 Å². The second-order valence-corrected chi connectivity index (χ2v) is 5.49. The molecule has 2 aromatic rings. The van der Waals surface area contributed by atoms with E-state index in [1.165, 1.54) is 0 Å². The summed E-state index contributed by atoms with van der Waals surface area (Å²) in [5.41, 5.74) is 0.708. The molecule has 1 aliphatic heterocycles. The number of aliphatic carboxylic acids is 2. The third-order valence-corrected chi connectivity index (χ3v) is 3.73. The second kappa shape index (κ2) is 9.33. The Morgan fingerprint density at radius 1 is 1.00 bits per heavy atom. The van der Waals surface area contributed by atoms with Gasteiger partial charge in [0.1, 0.15) is 5.76 Å². The van der Waals surface area contributed by atoms with Gasteiger partial charge in [-0.2, -0.15) is 0 Å². The zero-order valence-corrected chi connectivity index (χ0v) is 13.9. The maximum atomic E-state index is 12.3. The first-order valence-electron chi connectivity index (χ1n) is 7.87. The van der Waals surface area contributed by atoms with E-state index in [0.29, 0.717) is 5.56 Å². The Morgan fingerprint density at radius 2 is 1.62 bits per heavy atom. The maximum Gasteiger partial charge on any atom is 0.414 e. The summed E-state index contributed by atoms with van der Waals surface area (Å²) in [5.74, 6) is -2.59. The lowest BCUT2D eigenvalue weighted by molar-refractivity contribution is -0.159. The average molecular weight is 361 g/mol. The molecule has 1 aliphatic rings. The fourth-order valence-corrected chi connectivity index (χ4v) is 2.41. The Kier molecular flexibility index (Phi) is 6.86. The first-order chi connectivity index (χ1) is 12.5. The molecule has 2 aromatic heterocycles. The number of aromatic nitrogens is 1. The summed E-state index contributed by atoms with van der Waals surface area (Å²) in [5, 5.41) is 14.8. The van der Waals surface area contributed by atoms with Crippen LogP contribution in [-0.2, 0) is 16.1 Å². The van der Waals surface area contributed by atoms with E-state index in [-0.39, 0.29) is 5.91 Å². The quantitative estimate of drug-likeness (QED) is 0.769. The molecule has 9 heteroatoms. The SMILES string of the molecule is O=C(O)C(=O)O.O=C(c1ccncc1)N1CCN(Cc2ccco2)CC1. The van der Waals surface area contributed by atoms with Gasteiger partial charge in [-0.15, -0.1) is 0 Å². The van der Waals surface area contributed by atoms with Crippen molar-refractivity contribution in [3.8, 4) is 0 Å². The summed E-state index contributed by atoms with van der Waals surface area (Å²) in [6.07, 6.45) is 5.00. The van der Waals surface area contributed by atoms with Gasteiger partial charge < -0.3 is 19.5 Å². The number of piperazine rings is 1. The van der Waals surface area contributed by atoms with Gasteiger partial charge in [0.15, 0.2) is 0 Å². The molecule has 0 aromatic carbocycles. The molecule has 0 unspecified atom stereocenters. The first-order valence-corrected chi connectivity index (χ1v) is 7.87. The zero-order chi connectivity index (χ0) is 18.9. The normalized spacial score (nSPS) is 14.2. The van der Waals surface area contributed by atoms with Gasteiger partial charge in [0.05, 0.1) is 12.8 Å². The lowest BCUT2D eigenvalue weighted by Crippen LogP contribution is -2.48. The van der Waals surface area contributed by atoms with Crippen LogP contribution in [-0.4, -0.2) is 69.0 Å². The van der Waals surface area contributed by atoms with Crippen LogP contribution < -0.4 is 0 Å². The number of amides is 1. The number of furan rings is 1. The molecule has 26 heavy (non-hydrogen) atoms. The molecule has 0 spiro atoms. The van der Waals surface area contributed by atoms with Crippen molar-refractivity contribution in [3.63, 3.8) is 0 Å². The van der Waals surface area contributed by atoms with E-state index in [0.717, 1.165) is 38.5 Å². The molecule has 0 radical (unpaired) electrons. The minimum absolute atomic E-state index is 0.0880. The number of carbonyl (C=O) groups is 3. The van der Waals surface area contributed by atoms with Gasteiger partial charge in [0, 0.05) is 44.1 Å². The number of carboxylic acid groups (broad SMARTS) is 2. The lowest BCUT2D eigenvalue weighted by Gasteiger charge is -2.34. The fraction of sp³-hybridized carbons (Fsp3) is 0.294. The van der Waals surface area contributed by atoms with Crippen LogP contribution >= 0.6 is 0 Å². The summed E-state index contributed by atoms with van der Waals surface area (Å²) in [6.45, 7) is 4.06. The van der Waals surface area contributed by atoms with Gasteiger partial charge in [-0.05, 0) is 24.3 Å². The standard InChI is InChI=1S/C15H17N3O2.C2H2O4/c19-15(13-3-5-16-6-4-13)18-9-7-17(8-10-18)12-14-2-1-11-20-14;3-1(4)2(5)6/h1-6,11H,7-10,12H2;(H,3,4)(H,5,6).